The van der Waals surface area contributed by atoms with Crippen LogP contribution in [0.5, 0.6) is 0 Å². The first-order valence-corrected chi connectivity index (χ1v) is 10.5. The van der Waals surface area contributed by atoms with Crippen molar-refractivity contribution in [3.05, 3.63) is 58.8 Å². The number of sulfonamides is 1. The van der Waals surface area contributed by atoms with Crippen LogP contribution in [0.4, 0.5) is 5.69 Å². The van der Waals surface area contributed by atoms with Crippen LogP contribution in [0.25, 0.3) is 11.0 Å². The summed E-state index contributed by atoms with van der Waals surface area (Å²) in [7, 11) is -2.27. The van der Waals surface area contributed by atoms with Crippen LogP contribution in [0, 0.1) is 20.8 Å². The van der Waals surface area contributed by atoms with E-state index in [4.69, 9.17) is 13.9 Å². The van der Waals surface area contributed by atoms with Crippen molar-refractivity contribution in [1.82, 2.24) is 0 Å². The Labute approximate surface area is 169 Å². The number of rotatable bonds is 7. The van der Waals surface area contributed by atoms with Gasteiger partial charge in [0.15, 0.2) is 0 Å². The molecule has 1 aromatic heterocycles. The van der Waals surface area contributed by atoms with E-state index in [-0.39, 0.29) is 23.7 Å². The molecule has 0 spiro atoms. The quantitative estimate of drug-likeness (QED) is 0.462. The van der Waals surface area contributed by atoms with Gasteiger partial charge in [0.1, 0.15) is 23.5 Å². The third-order valence-electron chi connectivity index (χ3n) is 4.46. The number of ether oxygens (including phenoxy) is 2. The molecule has 1 N–H and O–H groups in total. The Balaban J connectivity index is 1.95. The summed E-state index contributed by atoms with van der Waals surface area (Å²) < 4.78 is 43.9. The van der Waals surface area contributed by atoms with Crippen LogP contribution in [0.15, 0.2) is 45.7 Å². The molecule has 7 nitrogen and oxygen atoms in total. The van der Waals surface area contributed by atoms with Crippen LogP contribution >= 0.6 is 0 Å². The molecule has 0 aliphatic rings. The van der Waals surface area contributed by atoms with Gasteiger partial charge in [-0.2, -0.15) is 0 Å². The van der Waals surface area contributed by atoms with E-state index in [9.17, 15) is 13.2 Å². The maximum Gasteiger partial charge on any atom is 0.342 e. The zero-order chi connectivity index (χ0) is 21.2. The van der Waals surface area contributed by atoms with Gasteiger partial charge < -0.3 is 13.9 Å². The van der Waals surface area contributed by atoms with Crippen LogP contribution in [0.3, 0.4) is 0 Å². The predicted octanol–water partition coefficient (Wildman–Crippen LogP) is 3.96. The third kappa shape index (κ3) is 4.44. The van der Waals surface area contributed by atoms with E-state index >= 15 is 0 Å². The van der Waals surface area contributed by atoms with Gasteiger partial charge in [-0.05, 0) is 50.6 Å². The summed E-state index contributed by atoms with van der Waals surface area (Å²) in [6.07, 6.45) is 0. The Morgan fingerprint density at radius 2 is 1.83 bits per heavy atom. The Kier molecular flexibility index (Phi) is 5.95. The highest BCUT2D eigenvalue weighted by Crippen LogP contribution is 2.30. The maximum atomic E-state index is 12.8. The van der Waals surface area contributed by atoms with Gasteiger partial charge in [-0.1, -0.05) is 17.7 Å². The van der Waals surface area contributed by atoms with Gasteiger partial charge in [0, 0.05) is 18.2 Å². The van der Waals surface area contributed by atoms with Gasteiger partial charge in [-0.25, -0.2) is 13.2 Å². The van der Waals surface area contributed by atoms with Crippen molar-refractivity contribution in [2.75, 3.05) is 25.0 Å². The van der Waals surface area contributed by atoms with Gasteiger partial charge in [-0.3, -0.25) is 4.72 Å². The van der Waals surface area contributed by atoms with Crippen molar-refractivity contribution in [3.8, 4) is 0 Å². The number of aryl methyl sites for hydroxylation is 3. The Morgan fingerprint density at radius 3 is 2.52 bits per heavy atom. The topological polar surface area (TPSA) is 94.8 Å². The average molecular weight is 417 g/mol. The lowest BCUT2D eigenvalue weighted by atomic mass is 10.1. The van der Waals surface area contributed by atoms with E-state index < -0.39 is 16.0 Å². The van der Waals surface area contributed by atoms with Crippen molar-refractivity contribution in [2.24, 2.45) is 0 Å². The SMILES string of the molecule is COCCOC(=O)c1c(C)oc2ccc(NS(=O)(=O)c3ccc(C)cc3C)cc12. The molecule has 1 heterocycles. The second-order valence-corrected chi connectivity index (χ2v) is 8.40. The Hall–Kier alpha value is -2.84. The van der Waals surface area contributed by atoms with Crippen LogP contribution in [-0.2, 0) is 19.5 Å². The summed E-state index contributed by atoms with van der Waals surface area (Å²) >= 11 is 0. The number of nitrogens with one attached hydrogen (secondary N) is 1. The van der Waals surface area contributed by atoms with Crippen molar-refractivity contribution in [1.29, 1.82) is 0 Å². The molecule has 0 aliphatic carbocycles. The predicted molar refractivity (Wildman–Crippen MR) is 110 cm³/mol. The smallest absolute Gasteiger partial charge is 0.342 e. The first-order valence-electron chi connectivity index (χ1n) is 9.02. The number of furan rings is 1. The summed E-state index contributed by atoms with van der Waals surface area (Å²) in [5.41, 5.74) is 2.69. The summed E-state index contributed by atoms with van der Waals surface area (Å²) in [6, 6.07) is 9.91. The van der Waals surface area contributed by atoms with Crippen LogP contribution in [0.1, 0.15) is 27.2 Å². The van der Waals surface area contributed by atoms with E-state index in [0.717, 1.165) is 5.56 Å². The van der Waals surface area contributed by atoms with E-state index in [1.54, 1.807) is 44.2 Å². The van der Waals surface area contributed by atoms with Crippen molar-refractivity contribution in [2.45, 2.75) is 25.7 Å². The molecule has 0 amide bonds. The lowest BCUT2D eigenvalue weighted by molar-refractivity contribution is 0.0388. The van der Waals surface area contributed by atoms with Crippen molar-refractivity contribution >= 4 is 32.6 Å². The standard InChI is InChI=1S/C21H23NO6S/c1-13-5-8-19(14(2)11-13)29(24,25)22-16-6-7-18-17(12-16)20(15(3)28-18)21(23)27-10-9-26-4/h5-8,11-12,22H,9-10H2,1-4H3. The molecule has 0 saturated heterocycles. The van der Waals surface area contributed by atoms with E-state index in [0.29, 0.717) is 28.0 Å². The molecule has 2 aromatic carbocycles. The Bertz CT molecular complexity index is 1160. The number of esters is 1. The molecule has 3 aromatic rings. The number of carbonyl (C=O) groups is 1. The minimum absolute atomic E-state index is 0.112. The fourth-order valence-corrected chi connectivity index (χ4v) is 4.42. The number of anilines is 1. The second kappa shape index (κ2) is 8.26. The van der Waals surface area contributed by atoms with Gasteiger partial charge in [0.05, 0.1) is 11.5 Å². The highest BCUT2D eigenvalue weighted by atomic mass is 32.2. The van der Waals surface area contributed by atoms with E-state index in [2.05, 4.69) is 4.72 Å². The number of methoxy groups -OCH3 is 1. The summed E-state index contributed by atoms with van der Waals surface area (Å²) in [5.74, 6) is -0.149. The lowest BCUT2D eigenvalue weighted by Crippen LogP contribution is -2.14. The second-order valence-electron chi connectivity index (χ2n) is 6.75. The lowest BCUT2D eigenvalue weighted by Gasteiger charge is -2.11. The molecule has 8 heteroatoms. The van der Waals surface area contributed by atoms with Crippen molar-refractivity contribution in [3.63, 3.8) is 0 Å². The number of carbonyl (C=O) groups excluding carboxylic acids is 1. The fraction of sp³-hybridized carbons (Fsp3) is 0.286. The summed E-state index contributed by atoms with van der Waals surface area (Å²) in [4.78, 5) is 12.6. The molecule has 0 atom stereocenters. The minimum Gasteiger partial charge on any atom is -0.460 e. The Morgan fingerprint density at radius 1 is 1.07 bits per heavy atom. The normalized spacial score (nSPS) is 11.6. The molecule has 0 fully saturated rings. The van der Waals surface area contributed by atoms with Gasteiger partial charge in [0.2, 0.25) is 0 Å². The van der Waals surface area contributed by atoms with Gasteiger partial charge in [0.25, 0.3) is 10.0 Å². The molecule has 0 unspecified atom stereocenters. The molecule has 0 aliphatic heterocycles. The van der Waals surface area contributed by atoms with Crippen LogP contribution in [0.2, 0.25) is 0 Å². The van der Waals surface area contributed by atoms with E-state index in [1.807, 2.05) is 13.0 Å². The minimum atomic E-state index is -3.79. The molecule has 0 radical (unpaired) electrons. The van der Waals surface area contributed by atoms with Crippen molar-refractivity contribution < 1.29 is 27.1 Å². The monoisotopic (exact) mass is 417 g/mol. The number of benzene rings is 2. The number of fused-ring (bicyclic) bond motifs is 1. The molecule has 0 bridgehead atoms. The van der Waals surface area contributed by atoms with Crippen LogP contribution in [-0.4, -0.2) is 34.7 Å². The molecule has 29 heavy (non-hydrogen) atoms. The van der Waals surface area contributed by atoms with Crippen LogP contribution < -0.4 is 4.72 Å². The number of hydrogen-bond donors (Lipinski definition) is 1. The largest absolute Gasteiger partial charge is 0.460 e. The number of hydrogen-bond acceptors (Lipinski definition) is 6. The summed E-state index contributed by atoms with van der Waals surface area (Å²) in [5, 5.41) is 0.478. The average Bonchev–Trinajstić information content (AvgIpc) is 2.96. The molecular weight excluding hydrogens is 394 g/mol. The highest BCUT2D eigenvalue weighted by Gasteiger charge is 2.22. The first-order chi connectivity index (χ1) is 13.7. The summed E-state index contributed by atoms with van der Waals surface area (Å²) in [6.45, 7) is 5.70. The molecular formula is C21H23NO6S. The van der Waals surface area contributed by atoms with Gasteiger partial charge in [-0.15, -0.1) is 0 Å². The molecule has 0 saturated carbocycles. The first kappa shape index (κ1) is 20.9. The highest BCUT2D eigenvalue weighted by molar-refractivity contribution is 7.92. The third-order valence-corrected chi connectivity index (χ3v) is 6.00. The zero-order valence-electron chi connectivity index (χ0n) is 16.7. The fourth-order valence-electron chi connectivity index (χ4n) is 3.14. The maximum absolute atomic E-state index is 12.8. The van der Waals surface area contributed by atoms with E-state index in [1.165, 1.54) is 7.11 Å². The molecule has 3 rings (SSSR count). The molecule has 154 valence electrons. The van der Waals surface area contributed by atoms with Gasteiger partial charge >= 0.3 is 5.97 Å². The zero-order valence-corrected chi connectivity index (χ0v) is 17.6.